The molecule has 3 unspecified atom stereocenters. The van der Waals surface area contributed by atoms with Gasteiger partial charge in [0.2, 0.25) is 5.91 Å². The maximum atomic E-state index is 12.6. The van der Waals surface area contributed by atoms with E-state index in [1.165, 1.54) is 0 Å². The molecule has 0 aromatic heterocycles. The Bertz CT molecular complexity index is 446. The van der Waals surface area contributed by atoms with Gasteiger partial charge in [-0.2, -0.15) is 11.8 Å². The van der Waals surface area contributed by atoms with Crippen molar-refractivity contribution in [2.24, 2.45) is 5.92 Å². The number of aliphatic hydroxyl groups excluding tert-OH is 1. The molecule has 0 aliphatic heterocycles. The second-order valence-electron chi connectivity index (χ2n) is 5.53. The average Bonchev–Trinajstić information content (AvgIpc) is 2.42. The lowest BCUT2D eigenvalue weighted by Gasteiger charge is -2.26. The van der Waals surface area contributed by atoms with Gasteiger partial charge in [-0.1, -0.05) is 37.6 Å². The Morgan fingerprint density at radius 2 is 1.86 bits per heavy atom. The summed E-state index contributed by atoms with van der Waals surface area (Å²) in [7, 11) is 0. The predicted molar refractivity (Wildman–Crippen MR) is 91.0 cm³/mol. The van der Waals surface area contributed by atoms with Gasteiger partial charge in [-0.15, -0.1) is 0 Å². The molecule has 21 heavy (non-hydrogen) atoms. The number of halogens is 1. The van der Waals surface area contributed by atoms with Gasteiger partial charge in [0.1, 0.15) is 0 Å². The van der Waals surface area contributed by atoms with E-state index < -0.39 is 0 Å². The van der Waals surface area contributed by atoms with E-state index in [9.17, 15) is 9.90 Å². The Morgan fingerprint density at radius 1 is 1.29 bits per heavy atom. The Balaban J connectivity index is 2.86. The lowest BCUT2D eigenvalue weighted by Crippen LogP contribution is -2.44. The molecule has 0 spiro atoms. The highest BCUT2D eigenvalue weighted by Gasteiger charge is 2.27. The third-order valence-electron chi connectivity index (χ3n) is 3.59. The zero-order valence-electron chi connectivity index (χ0n) is 13.0. The second-order valence-corrected chi connectivity index (χ2v) is 7.04. The van der Waals surface area contributed by atoms with Gasteiger partial charge >= 0.3 is 0 Å². The number of aliphatic hydroxyl groups is 1. The number of amides is 1. The molecule has 5 heteroatoms. The van der Waals surface area contributed by atoms with Crippen LogP contribution in [0.3, 0.4) is 0 Å². The maximum Gasteiger partial charge on any atom is 0.228 e. The molecule has 0 saturated carbocycles. The summed E-state index contributed by atoms with van der Waals surface area (Å²) in [5.74, 6) is -0.0431. The Hall–Kier alpha value is -0.710. The molecule has 3 nitrogen and oxygen atoms in total. The van der Waals surface area contributed by atoms with Crippen LogP contribution in [0.15, 0.2) is 24.3 Å². The van der Waals surface area contributed by atoms with Gasteiger partial charge in [0.25, 0.3) is 0 Å². The zero-order valence-corrected chi connectivity index (χ0v) is 14.5. The van der Waals surface area contributed by atoms with Crippen LogP contribution in [-0.4, -0.2) is 35.2 Å². The molecule has 0 bridgehead atoms. The molecule has 0 radical (unpaired) electrons. The summed E-state index contributed by atoms with van der Waals surface area (Å²) in [5, 5.41) is 13.0. The van der Waals surface area contributed by atoms with Crippen molar-refractivity contribution in [3.8, 4) is 0 Å². The summed E-state index contributed by atoms with van der Waals surface area (Å²) >= 11 is 7.46. The van der Waals surface area contributed by atoms with Crippen molar-refractivity contribution in [2.45, 2.75) is 38.0 Å². The summed E-state index contributed by atoms with van der Waals surface area (Å²) in [6.45, 7) is 6.04. The van der Waals surface area contributed by atoms with Crippen LogP contribution in [0, 0.1) is 5.92 Å². The van der Waals surface area contributed by atoms with Crippen molar-refractivity contribution in [1.29, 1.82) is 0 Å². The fourth-order valence-corrected chi connectivity index (χ4v) is 3.10. The van der Waals surface area contributed by atoms with Gasteiger partial charge in [-0.3, -0.25) is 4.79 Å². The van der Waals surface area contributed by atoms with Crippen molar-refractivity contribution in [2.75, 3.05) is 12.9 Å². The molecule has 118 valence electrons. The van der Waals surface area contributed by atoms with E-state index >= 15 is 0 Å². The molecule has 1 amide bonds. The van der Waals surface area contributed by atoms with E-state index in [0.29, 0.717) is 5.02 Å². The van der Waals surface area contributed by atoms with Crippen molar-refractivity contribution in [3.05, 3.63) is 34.9 Å². The summed E-state index contributed by atoms with van der Waals surface area (Å²) in [5.41, 5.74) is 0.962. The average molecular weight is 330 g/mol. The quantitative estimate of drug-likeness (QED) is 0.807. The topological polar surface area (TPSA) is 49.3 Å². The van der Waals surface area contributed by atoms with Crippen molar-refractivity contribution >= 4 is 29.3 Å². The number of hydrogen-bond donors (Lipinski definition) is 2. The first-order chi connectivity index (χ1) is 9.90. The largest absolute Gasteiger partial charge is 0.395 e. The first-order valence-corrected chi connectivity index (χ1v) is 8.76. The minimum Gasteiger partial charge on any atom is -0.395 e. The number of rotatable bonds is 7. The molecule has 0 heterocycles. The maximum absolute atomic E-state index is 12.6. The van der Waals surface area contributed by atoms with Crippen LogP contribution in [0.4, 0.5) is 0 Å². The smallest absolute Gasteiger partial charge is 0.228 e. The van der Waals surface area contributed by atoms with Gasteiger partial charge in [0, 0.05) is 16.3 Å². The molecule has 0 aliphatic carbocycles. The van der Waals surface area contributed by atoms with Crippen LogP contribution in [0.2, 0.25) is 5.02 Å². The summed E-state index contributed by atoms with van der Waals surface area (Å²) in [4.78, 5) is 12.6. The normalized spacial score (nSPS) is 15.6. The predicted octanol–water partition coefficient (Wildman–Crippen LogP) is 3.31. The lowest BCUT2D eigenvalue weighted by atomic mass is 9.87. The van der Waals surface area contributed by atoms with Gasteiger partial charge in [-0.05, 0) is 36.8 Å². The van der Waals surface area contributed by atoms with Crippen molar-refractivity contribution in [3.63, 3.8) is 0 Å². The molecule has 2 N–H and O–H groups in total. The standard InChI is InChI=1S/C16H24ClNO2S/c1-10(2)15(12-5-7-13(17)8-6-12)16(20)18-11(3)14(9-19)21-4/h5-8,10-11,14-15,19H,9H2,1-4H3,(H,18,20). The Morgan fingerprint density at radius 3 is 2.29 bits per heavy atom. The van der Waals surface area contributed by atoms with Crippen LogP contribution in [-0.2, 0) is 4.79 Å². The van der Waals surface area contributed by atoms with Gasteiger partial charge in [0.05, 0.1) is 12.5 Å². The highest BCUT2D eigenvalue weighted by Crippen LogP contribution is 2.26. The highest BCUT2D eigenvalue weighted by atomic mass is 35.5. The second kappa shape index (κ2) is 8.66. The molecular weight excluding hydrogens is 306 g/mol. The minimum absolute atomic E-state index is 0.00646. The van der Waals surface area contributed by atoms with Crippen LogP contribution >= 0.6 is 23.4 Å². The van der Waals surface area contributed by atoms with E-state index in [-0.39, 0.29) is 35.6 Å². The van der Waals surface area contributed by atoms with E-state index in [2.05, 4.69) is 5.32 Å². The van der Waals surface area contributed by atoms with Crippen LogP contribution < -0.4 is 5.32 Å². The fourth-order valence-electron chi connectivity index (χ4n) is 2.35. The molecule has 3 atom stereocenters. The minimum atomic E-state index is -0.217. The highest BCUT2D eigenvalue weighted by molar-refractivity contribution is 7.99. The van der Waals surface area contributed by atoms with E-state index in [1.54, 1.807) is 23.9 Å². The number of nitrogens with one attached hydrogen (secondary N) is 1. The van der Waals surface area contributed by atoms with Crippen molar-refractivity contribution < 1.29 is 9.90 Å². The first kappa shape index (κ1) is 18.3. The third kappa shape index (κ3) is 5.20. The molecule has 1 aromatic carbocycles. The number of carbonyl (C=O) groups excluding carboxylic acids is 1. The number of thioether (sulfide) groups is 1. The molecular formula is C16H24ClNO2S. The third-order valence-corrected chi connectivity index (χ3v) is 5.00. The van der Waals surface area contributed by atoms with Gasteiger partial charge in [0.15, 0.2) is 0 Å². The van der Waals surface area contributed by atoms with Crippen molar-refractivity contribution in [1.82, 2.24) is 5.32 Å². The molecule has 1 aromatic rings. The fraction of sp³-hybridized carbons (Fsp3) is 0.562. The van der Waals surface area contributed by atoms with E-state index in [4.69, 9.17) is 11.6 Å². The Labute approximate surface area is 136 Å². The number of hydrogen-bond acceptors (Lipinski definition) is 3. The van der Waals surface area contributed by atoms with Crippen LogP contribution in [0.25, 0.3) is 0 Å². The molecule has 0 aliphatic rings. The Kier molecular flexibility index (Phi) is 7.57. The number of benzene rings is 1. The molecule has 1 rings (SSSR count). The lowest BCUT2D eigenvalue weighted by molar-refractivity contribution is -0.124. The SMILES string of the molecule is CSC(CO)C(C)NC(=O)C(c1ccc(Cl)cc1)C(C)C. The summed E-state index contributed by atoms with van der Waals surface area (Å²) in [6.07, 6.45) is 1.93. The van der Waals surface area contributed by atoms with E-state index in [0.717, 1.165) is 5.56 Å². The molecule has 0 fully saturated rings. The molecule has 0 saturated heterocycles. The monoisotopic (exact) mass is 329 g/mol. The van der Waals surface area contributed by atoms with Gasteiger partial charge < -0.3 is 10.4 Å². The van der Waals surface area contributed by atoms with Gasteiger partial charge in [-0.25, -0.2) is 0 Å². The van der Waals surface area contributed by atoms with Crippen LogP contribution in [0.5, 0.6) is 0 Å². The summed E-state index contributed by atoms with van der Waals surface area (Å²) < 4.78 is 0. The summed E-state index contributed by atoms with van der Waals surface area (Å²) in [6, 6.07) is 7.33. The van der Waals surface area contributed by atoms with E-state index in [1.807, 2.05) is 39.2 Å². The first-order valence-electron chi connectivity index (χ1n) is 7.10. The zero-order chi connectivity index (χ0) is 16.0. The number of carbonyl (C=O) groups is 1. The van der Waals surface area contributed by atoms with Crippen LogP contribution in [0.1, 0.15) is 32.3 Å².